The van der Waals surface area contributed by atoms with Crippen LogP contribution < -0.4 is 0 Å². The zero-order valence-electron chi connectivity index (χ0n) is 14.5. The van der Waals surface area contributed by atoms with Crippen molar-refractivity contribution in [3.63, 3.8) is 0 Å². The van der Waals surface area contributed by atoms with Gasteiger partial charge in [0, 0.05) is 6.42 Å². The summed E-state index contributed by atoms with van der Waals surface area (Å²) in [6.07, 6.45) is 7.96. The maximum Gasteiger partial charge on any atom is 0.305 e. The van der Waals surface area contributed by atoms with E-state index in [2.05, 4.69) is 6.92 Å². The van der Waals surface area contributed by atoms with E-state index >= 15 is 0 Å². The Morgan fingerprint density at radius 3 is 2.17 bits per heavy atom. The Bertz CT molecular complexity index is 259. The van der Waals surface area contributed by atoms with Crippen LogP contribution in [0.5, 0.6) is 0 Å². The van der Waals surface area contributed by atoms with Gasteiger partial charge in [0.15, 0.2) is 0 Å². The molecule has 1 unspecified atom stereocenters. The number of ether oxygens (including phenoxy) is 3. The summed E-state index contributed by atoms with van der Waals surface area (Å²) in [5.41, 5.74) is 0. The molecule has 0 saturated heterocycles. The lowest BCUT2D eigenvalue weighted by Gasteiger charge is -2.11. The summed E-state index contributed by atoms with van der Waals surface area (Å²) < 4.78 is 15.2. The van der Waals surface area contributed by atoms with Gasteiger partial charge in [-0.05, 0) is 6.42 Å². The van der Waals surface area contributed by atoms with Crippen LogP contribution in [0.3, 0.4) is 0 Å². The Balaban J connectivity index is 3.27. The minimum atomic E-state index is -0.732. The highest BCUT2D eigenvalue weighted by Crippen LogP contribution is 2.08. The number of aliphatic hydroxyl groups excluding tert-OH is 2. The summed E-state index contributed by atoms with van der Waals surface area (Å²) in [6, 6.07) is 0. The number of hydrogen-bond acceptors (Lipinski definition) is 6. The Labute approximate surface area is 140 Å². The van der Waals surface area contributed by atoms with Crippen molar-refractivity contribution in [2.75, 3.05) is 39.6 Å². The number of carbonyl (C=O) groups is 1. The quantitative estimate of drug-likeness (QED) is 0.313. The van der Waals surface area contributed by atoms with E-state index in [0.29, 0.717) is 6.42 Å². The molecule has 0 radical (unpaired) electrons. The van der Waals surface area contributed by atoms with E-state index in [4.69, 9.17) is 19.3 Å². The summed E-state index contributed by atoms with van der Waals surface area (Å²) in [4.78, 5) is 11.5. The number of unbranched alkanes of at least 4 members (excludes halogenated alkanes) is 6. The number of esters is 1. The molecular formula is C17H34O6. The smallest absolute Gasteiger partial charge is 0.305 e. The first-order valence-electron chi connectivity index (χ1n) is 8.80. The van der Waals surface area contributed by atoms with Crippen molar-refractivity contribution in [3.05, 3.63) is 0 Å². The molecule has 0 aliphatic rings. The van der Waals surface area contributed by atoms with Gasteiger partial charge in [-0.2, -0.15) is 0 Å². The van der Waals surface area contributed by atoms with Gasteiger partial charge in [-0.25, -0.2) is 0 Å². The zero-order chi connectivity index (χ0) is 17.2. The largest absolute Gasteiger partial charge is 0.463 e. The summed E-state index contributed by atoms with van der Waals surface area (Å²) in [5, 5.41) is 18.0. The molecule has 0 bridgehead atoms. The van der Waals surface area contributed by atoms with Gasteiger partial charge in [-0.1, -0.05) is 45.4 Å². The van der Waals surface area contributed by atoms with Crippen molar-refractivity contribution < 1.29 is 29.2 Å². The third-order valence-electron chi connectivity index (χ3n) is 3.33. The number of carbonyl (C=O) groups excluding carboxylic acids is 1. The summed E-state index contributed by atoms with van der Waals surface area (Å²) in [7, 11) is 0. The number of hydrogen-bond donors (Lipinski definition) is 2. The molecule has 0 saturated carbocycles. The Morgan fingerprint density at radius 1 is 0.913 bits per heavy atom. The molecule has 0 aromatic rings. The van der Waals surface area contributed by atoms with Crippen molar-refractivity contribution in [3.8, 4) is 0 Å². The highest BCUT2D eigenvalue weighted by molar-refractivity contribution is 5.69. The zero-order valence-corrected chi connectivity index (χ0v) is 14.5. The second-order valence-corrected chi connectivity index (χ2v) is 5.62. The van der Waals surface area contributed by atoms with Gasteiger partial charge in [0.05, 0.1) is 33.0 Å². The molecular weight excluding hydrogens is 300 g/mol. The van der Waals surface area contributed by atoms with Crippen LogP contribution in [0.25, 0.3) is 0 Å². The molecule has 0 aliphatic heterocycles. The molecule has 6 nitrogen and oxygen atoms in total. The van der Waals surface area contributed by atoms with Crippen molar-refractivity contribution in [1.29, 1.82) is 0 Å². The van der Waals surface area contributed by atoms with E-state index < -0.39 is 6.10 Å². The van der Waals surface area contributed by atoms with E-state index in [1.165, 1.54) is 32.1 Å². The molecule has 2 N–H and O–H groups in total. The topological polar surface area (TPSA) is 85.2 Å². The lowest BCUT2D eigenvalue weighted by atomic mass is 10.1. The molecule has 0 amide bonds. The molecule has 138 valence electrons. The fourth-order valence-electron chi connectivity index (χ4n) is 2.06. The predicted molar refractivity (Wildman–Crippen MR) is 88.3 cm³/mol. The molecule has 0 fully saturated rings. The van der Waals surface area contributed by atoms with Gasteiger partial charge in [0.1, 0.15) is 12.7 Å². The van der Waals surface area contributed by atoms with Gasteiger partial charge in [-0.15, -0.1) is 0 Å². The summed E-state index contributed by atoms with van der Waals surface area (Å²) in [5.74, 6) is -0.186. The van der Waals surface area contributed by atoms with Gasteiger partial charge < -0.3 is 24.4 Å². The fraction of sp³-hybridized carbons (Fsp3) is 0.941. The maximum absolute atomic E-state index is 11.5. The van der Waals surface area contributed by atoms with Crippen molar-refractivity contribution in [2.45, 2.75) is 64.4 Å². The third kappa shape index (κ3) is 17.5. The fourth-order valence-corrected chi connectivity index (χ4v) is 2.06. The van der Waals surface area contributed by atoms with Crippen LogP contribution in [0.1, 0.15) is 58.3 Å². The molecule has 23 heavy (non-hydrogen) atoms. The predicted octanol–water partition coefficient (Wildman–Crippen LogP) is 2.06. The molecule has 0 aromatic heterocycles. The average Bonchev–Trinajstić information content (AvgIpc) is 2.54. The highest BCUT2D eigenvalue weighted by Gasteiger charge is 2.05. The van der Waals surface area contributed by atoms with E-state index in [-0.39, 0.29) is 45.6 Å². The molecule has 0 aromatic carbocycles. The molecule has 1 atom stereocenters. The van der Waals surface area contributed by atoms with Crippen LogP contribution in [0, 0.1) is 0 Å². The Morgan fingerprint density at radius 2 is 1.52 bits per heavy atom. The summed E-state index contributed by atoms with van der Waals surface area (Å²) in [6.45, 7) is 3.06. The van der Waals surface area contributed by atoms with Crippen LogP contribution in [0.2, 0.25) is 0 Å². The van der Waals surface area contributed by atoms with Gasteiger partial charge in [-0.3, -0.25) is 4.79 Å². The van der Waals surface area contributed by atoms with Gasteiger partial charge in [0.2, 0.25) is 0 Å². The maximum atomic E-state index is 11.5. The van der Waals surface area contributed by atoms with Crippen molar-refractivity contribution in [2.24, 2.45) is 0 Å². The normalized spacial score (nSPS) is 12.3. The molecule has 0 heterocycles. The van der Waals surface area contributed by atoms with E-state index in [1.54, 1.807) is 0 Å². The summed E-state index contributed by atoms with van der Waals surface area (Å²) >= 11 is 0. The number of rotatable bonds is 17. The van der Waals surface area contributed by atoms with Crippen LogP contribution in [-0.2, 0) is 19.0 Å². The molecule has 0 aliphatic carbocycles. The van der Waals surface area contributed by atoms with Crippen LogP contribution in [-0.4, -0.2) is 61.9 Å². The first-order chi connectivity index (χ1) is 11.2. The van der Waals surface area contributed by atoms with Crippen LogP contribution in [0.15, 0.2) is 0 Å². The SMILES string of the molecule is CCCCCCCCCC(=O)OCCOCC(O)COCCO. The first kappa shape index (κ1) is 22.3. The monoisotopic (exact) mass is 334 g/mol. The number of aliphatic hydroxyl groups is 2. The van der Waals surface area contributed by atoms with E-state index in [9.17, 15) is 9.90 Å². The Kier molecular flexibility index (Phi) is 17.1. The molecule has 6 heteroatoms. The second-order valence-electron chi connectivity index (χ2n) is 5.62. The van der Waals surface area contributed by atoms with Crippen LogP contribution in [0.4, 0.5) is 0 Å². The lowest BCUT2D eigenvalue weighted by molar-refractivity contribution is -0.145. The molecule has 0 spiro atoms. The van der Waals surface area contributed by atoms with Gasteiger partial charge in [0.25, 0.3) is 0 Å². The van der Waals surface area contributed by atoms with E-state index in [0.717, 1.165) is 12.8 Å². The van der Waals surface area contributed by atoms with Crippen molar-refractivity contribution in [1.82, 2.24) is 0 Å². The lowest BCUT2D eigenvalue weighted by Crippen LogP contribution is -2.23. The average molecular weight is 334 g/mol. The Hall–Kier alpha value is -0.690. The second kappa shape index (κ2) is 17.7. The highest BCUT2D eigenvalue weighted by atomic mass is 16.6. The minimum Gasteiger partial charge on any atom is -0.463 e. The third-order valence-corrected chi connectivity index (χ3v) is 3.33. The van der Waals surface area contributed by atoms with Crippen molar-refractivity contribution >= 4 is 5.97 Å². The van der Waals surface area contributed by atoms with E-state index in [1.807, 2.05) is 0 Å². The standard InChI is InChI=1S/C17H34O6/c1-2-3-4-5-6-7-8-9-17(20)23-13-12-22-15-16(19)14-21-11-10-18/h16,18-19H,2-15H2,1H3. The minimum absolute atomic E-state index is 0.0672. The van der Waals surface area contributed by atoms with Crippen LogP contribution >= 0.6 is 0 Å². The van der Waals surface area contributed by atoms with Gasteiger partial charge >= 0.3 is 5.97 Å². The molecule has 0 rings (SSSR count). The first-order valence-corrected chi connectivity index (χ1v) is 8.80.